The number of esters is 1. The van der Waals surface area contributed by atoms with Crippen molar-refractivity contribution < 1.29 is 24.2 Å². The highest BCUT2D eigenvalue weighted by Crippen LogP contribution is 2.38. The van der Waals surface area contributed by atoms with E-state index in [0.29, 0.717) is 11.3 Å². The number of allylic oxidation sites excluding steroid dienone is 1. The zero-order valence-electron chi connectivity index (χ0n) is 12.6. The summed E-state index contributed by atoms with van der Waals surface area (Å²) < 4.78 is 10.1. The van der Waals surface area contributed by atoms with Gasteiger partial charge in [0.2, 0.25) is 0 Å². The fourth-order valence-corrected chi connectivity index (χ4v) is 2.34. The smallest absolute Gasteiger partial charge is 0.338 e. The molecule has 0 fully saturated rings. The maximum Gasteiger partial charge on any atom is 0.338 e. The summed E-state index contributed by atoms with van der Waals surface area (Å²) in [5.74, 6) is -0.433. The van der Waals surface area contributed by atoms with Gasteiger partial charge in [-0.15, -0.1) is 0 Å². The van der Waals surface area contributed by atoms with Crippen LogP contribution in [0.1, 0.15) is 25.5 Å². The first-order chi connectivity index (χ1) is 10.5. The van der Waals surface area contributed by atoms with Crippen molar-refractivity contribution in [2.75, 3.05) is 13.7 Å². The van der Waals surface area contributed by atoms with Gasteiger partial charge in [-0.3, -0.25) is 0 Å². The molecule has 0 aliphatic carbocycles. The van der Waals surface area contributed by atoms with Crippen LogP contribution in [0.4, 0.5) is 4.79 Å². The van der Waals surface area contributed by atoms with Gasteiger partial charge in [0.25, 0.3) is 0 Å². The molecule has 1 atom stereocenters. The Bertz CT molecular complexity index is 639. The van der Waals surface area contributed by atoms with E-state index in [0.717, 1.165) is 0 Å². The number of para-hydroxylation sites is 1. The molecule has 0 bridgehead atoms. The third kappa shape index (κ3) is 2.83. The molecule has 1 aromatic carbocycles. The van der Waals surface area contributed by atoms with Crippen LogP contribution in [0.5, 0.6) is 11.5 Å². The lowest BCUT2D eigenvalue weighted by atomic mass is 9.94. The number of aromatic hydroxyl groups is 1. The van der Waals surface area contributed by atoms with Crippen LogP contribution >= 0.6 is 0 Å². The molecule has 3 N–H and O–H groups in total. The van der Waals surface area contributed by atoms with Crippen LogP contribution in [0, 0.1) is 0 Å². The minimum Gasteiger partial charge on any atom is -0.504 e. The number of carbonyl (C=O) groups is 2. The minimum atomic E-state index is -0.817. The van der Waals surface area contributed by atoms with Gasteiger partial charge in [0.1, 0.15) is 0 Å². The summed E-state index contributed by atoms with van der Waals surface area (Å²) in [7, 11) is 1.42. The number of hydrogen-bond acceptors (Lipinski definition) is 5. The van der Waals surface area contributed by atoms with Crippen LogP contribution in [-0.4, -0.2) is 30.8 Å². The SMILES string of the molecule is CCOC(=O)C1=C(C)NC(=O)N[C@@H]1c1cccc(OC)c1O. The van der Waals surface area contributed by atoms with Gasteiger partial charge < -0.3 is 25.2 Å². The second-order valence-electron chi connectivity index (χ2n) is 4.69. The van der Waals surface area contributed by atoms with Crippen LogP contribution < -0.4 is 15.4 Å². The highest BCUT2D eigenvalue weighted by molar-refractivity contribution is 5.95. The lowest BCUT2D eigenvalue weighted by molar-refractivity contribution is -0.139. The van der Waals surface area contributed by atoms with Crippen LogP contribution in [0.25, 0.3) is 0 Å². The summed E-state index contributed by atoms with van der Waals surface area (Å²) >= 11 is 0. The van der Waals surface area contributed by atoms with Gasteiger partial charge in [0, 0.05) is 11.3 Å². The highest BCUT2D eigenvalue weighted by atomic mass is 16.5. The monoisotopic (exact) mass is 306 g/mol. The van der Waals surface area contributed by atoms with E-state index in [9.17, 15) is 14.7 Å². The zero-order valence-corrected chi connectivity index (χ0v) is 12.6. The summed E-state index contributed by atoms with van der Waals surface area (Å²) in [6.07, 6.45) is 0. The molecule has 22 heavy (non-hydrogen) atoms. The molecule has 0 aromatic heterocycles. The van der Waals surface area contributed by atoms with E-state index >= 15 is 0 Å². The summed E-state index contributed by atoms with van der Waals surface area (Å²) in [6.45, 7) is 3.51. The van der Waals surface area contributed by atoms with Crippen molar-refractivity contribution in [3.8, 4) is 11.5 Å². The van der Waals surface area contributed by atoms with Crippen molar-refractivity contribution in [2.24, 2.45) is 0 Å². The topological polar surface area (TPSA) is 96.9 Å². The number of phenols is 1. The second kappa shape index (κ2) is 6.38. The summed E-state index contributed by atoms with van der Waals surface area (Å²) in [6, 6.07) is 3.59. The van der Waals surface area contributed by atoms with Gasteiger partial charge >= 0.3 is 12.0 Å². The molecule has 2 amide bonds. The highest BCUT2D eigenvalue weighted by Gasteiger charge is 2.34. The van der Waals surface area contributed by atoms with E-state index in [4.69, 9.17) is 9.47 Å². The number of benzene rings is 1. The van der Waals surface area contributed by atoms with Gasteiger partial charge in [-0.25, -0.2) is 9.59 Å². The fourth-order valence-electron chi connectivity index (χ4n) is 2.34. The number of urea groups is 1. The Hall–Kier alpha value is -2.70. The van der Waals surface area contributed by atoms with E-state index < -0.39 is 18.0 Å². The Morgan fingerprint density at radius 1 is 1.41 bits per heavy atom. The van der Waals surface area contributed by atoms with E-state index in [1.165, 1.54) is 7.11 Å². The number of amides is 2. The van der Waals surface area contributed by atoms with E-state index in [-0.39, 0.29) is 23.7 Å². The molecule has 118 valence electrons. The molecule has 1 heterocycles. The standard InChI is InChI=1S/C15H18N2O5/c1-4-22-14(19)11-8(2)16-15(20)17-12(11)9-6-5-7-10(21-3)13(9)18/h5-7,12,18H,4H2,1-3H3,(H2,16,17,20)/t12-/m1/s1. The molecule has 1 aliphatic heterocycles. The van der Waals surface area contributed by atoms with E-state index in [2.05, 4.69) is 10.6 Å². The molecule has 0 saturated heterocycles. The number of rotatable bonds is 4. The Morgan fingerprint density at radius 3 is 2.77 bits per heavy atom. The van der Waals surface area contributed by atoms with Crippen LogP contribution in [0.2, 0.25) is 0 Å². The average molecular weight is 306 g/mol. The first kappa shape index (κ1) is 15.7. The van der Waals surface area contributed by atoms with Crippen molar-refractivity contribution in [3.05, 3.63) is 35.0 Å². The number of phenolic OH excluding ortho intramolecular Hbond substituents is 1. The quantitative estimate of drug-likeness (QED) is 0.734. The minimum absolute atomic E-state index is 0.133. The number of nitrogens with one attached hydrogen (secondary N) is 2. The third-order valence-electron chi connectivity index (χ3n) is 3.33. The maximum absolute atomic E-state index is 12.2. The second-order valence-corrected chi connectivity index (χ2v) is 4.69. The number of ether oxygens (including phenoxy) is 2. The molecule has 7 nitrogen and oxygen atoms in total. The van der Waals surface area contributed by atoms with Gasteiger partial charge in [-0.1, -0.05) is 12.1 Å². The van der Waals surface area contributed by atoms with Gasteiger partial charge in [-0.2, -0.15) is 0 Å². The largest absolute Gasteiger partial charge is 0.504 e. The zero-order chi connectivity index (χ0) is 16.3. The van der Waals surface area contributed by atoms with Gasteiger partial charge in [0.15, 0.2) is 11.5 Å². The molecule has 0 radical (unpaired) electrons. The first-order valence-corrected chi connectivity index (χ1v) is 6.80. The van der Waals surface area contributed by atoms with Crippen LogP contribution in [-0.2, 0) is 9.53 Å². The molecular formula is C15H18N2O5. The average Bonchev–Trinajstić information content (AvgIpc) is 2.46. The molecule has 0 unspecified atom stereocenters. The number of carbonyl (C=O) groups excluding carboxylic acids is 2. The van der Waals surface area contributed by atoms with Crippen LogP contribution in [0.15, 0.2) is 29.5 Å². The van der Waals surface area contributed by atoms with E-state index in [1.54, 1.807) is 32.0 Å². The molecule has 0 saturated carbocycles. The lowest BCUT2D eigenvalue weighted by Crippen LogP contribution is -2.45. The predicted octanol–water partition coefficient (Wildman–Crippen LogP) is 1.59. The molecule has 0 spiro atoms. The van der Waals surface area contributed by atoms with E-state index in [1.807, 2.05) is 0 Å². The summed E-state index contributed by atoms with van der Waals surface area (Å²) in [5, 5.41) is 15.4. The fraction of sp³-hybridized carbons (Fsp3) is 0.333. The molecule has 2 rings (SSSR count). The van der Waals surface area contributed by atoms with Gasteiger partial charge in [0.05, 0.1) is 25.3 Å². The van der Waals surface area contributed by atoms with Gasteiger partial charge in [-0.05, 0) is 19.9 Å². The van der Waals surface area contributed by atoms with Crippen LogP contribution in [0.3, 0.4) is 0 Å². The van der Waals surface area contributed by atoms with Crippen molar-refractivity contribution in [1.82, 2.24) is 10.6 Å². The number of hydrogen-bond donors (Lipinski definition) is 3. The molecule has 7 heteroatoms. The number of methoxy groups -OCH3 is 1. The lowest BCUT2D eigenvalue weighted by Gasteiger charge is -2.28. The Labute approximate surface area is 127 Å². The third-order valence-corrected chi connectivity index (χ3v) is 3.33. The summed E-state index contributed by atoms with van der Waals surface area (Å²) in [4.78, 5) is 23.9. The Balaban J connectivity index is 2.53. The predicted molar refractivity (Wildman–Crippen MR) is 78.4 cm³/mol. The molecular weight excluding hydrogens is 288 g/mol. The Kier molecular flexibility index (Phi) is 4.55. The first-order valence-electron chi connectivity index (χ1n) is 6.80. The molecule has 1 aromatic rings. The van der Waals surface area contributed by atoms with Crippen molar-refractivity contribution in [3.63, 3.8) is 0 Å². The van der Waals surface area contributed by atoms with Crippen molar-refractivity contribution >= 4 is 12.0 Å². The normalized spacial score (nSPS) is 17.6. The van der Waals surface area contributed by atoms with Crippen molar-refractivity contribution in [2.45, 2.75) is 19.9 Å². The summed E-state index contributed by atoms with van der Waals surface area (Å²) in [5.41, 5.74) is 0.982. The Morgan fingerprint density at radius 2 is 2.14 bits per heavy atom. The molecule has 1 aliphatic rings. The van der Waals surface area contributed by atoms with Crippen molar-refractivity contribution in [1.29, 1.82) is 0 Å². The maximum atomic E-state index is 12.2.